The summed E-state index contributed by atoms with van der Waals surface area (Å²) in [6, 6.07) is 0. The Hall–Kier alpha value is -1.47. The third-order valence-electron chi connectivity index (χ3n) is 2.24. The van der Waals surface area contributed by atoms with Gasteiger partial charge in [-0.2, -0.15) is 0 Å². The highest BCUT2D eigenvalue weighted by Gasteiger charge is 2.15. The molecule has 0 aliphatic heterocycles. The van der Waals surface area contributed by atoms with Crippen LogP contribution in [0.5, 0.6) is 0 Å². The van der Waals surface area contributed by atoms with Gasteiger partial charge in [0, 0.05) is 24.8 Å². The van der Waals surface area contributed by atoms with Gasteiger partial charge in [-0.05, 0) is 6.26 Å². The minimum Gasteiger partial charge on any atom is -0.334 e. The van der Waals surface area contributed by atoms with Crippen molar-refractivity contribution in [2.75, 3.05) is 13.3 Å². The van der Waals surface area contributed by atoms with E-state index in [-0.39, 0.29) is 5.91 Å². The average molecular weight is 280 g/mol. The number of rotatable bonds is 4. The van der Waals surface area contributed by atoms with Crippen LogP contribution in [0.4, 0.5) is 0 Å². The van der Waals surface area contributed by atoms with Gasteiger partial charge < -0.3 is 4.90 Å². The Kier molecular flexibility index (Phi) is 4.27. The summed E-state index contributed by atoms with van der Waals surface area (Å²) in [6.07, 6.45) is 6.81. The molecule has 0 saturated carbocycles. The third-order valence-corrected chi connectivity index (χ3v) is 4.10. The van der Waals surface area contributed by atoms with E-state index in [1.165, 1.54) is 23.1 Å². The van der Waals surface area contributed by atoms with Gasteiger partial charge in [-0.25, -0.2) is 4.98 Å². The SMILES string of the molecule is CSc1nc(C(=O)N(C)Cc2cnccn2)cs1. The molecule has 0 radical (unpaired) electrons. The molecular formula is C11H12N4OS2. The van der Waals surface area contributed by atoms with E-state index in [9.17, 15) is 4.79 Å². The zero-order valence-corrected chi connectivity index (χ0v) is 11.7. The van der Waals surface area contributed by atoms with E-state index in [4.69, 9.17) is 0 Å². The fourth-order valence-corrected chi connectivity index (χ4v) is 2.61. The van der Waals surface area contributed by atoms with Crippen molar-refractivity contribution in [2.45, 2.75) is 10.9 Å². The number of thiazole rings is 1. The van der Waals surface area contributed by atoms with Crippen molar-refractivity contribution >= 4 is 29.0 Å². The topological polar surface area (TPSA) is 59.0 Å². The van der Waals surface area contributed by atoms with Crippen LogP contribution in [0.2, 0.25) is 0 Å². The van der Waals surface area contributed by atoms with Gasteiger partial charge in [-0.3, -0.25) is 14.8 Å². The molecule has 2 aromatic rings. The van der Waals surface area contributed by atoms with Crippen molar-refractivity contribution in [2.24, 2.45) is 0 Å². The van der Waals surface area contributed by atoms with Gasteiger partial charge in [0.15, 0.2) is 0 Å². The van der Waals surface area contributed by atoms with Crippen LogP contribution in [0.1, 0.15) is 16.2 Å². The Labute approximate surface area is 113 Å². The molecule has 0 N–H and O–H groups in total. The van der Waals surface area contributed by atoms with Crippen molar-refractivity contribution in [3.8, 4) is 0 Å². The number of thioether (sulfide) groups is 1. The van der Waals surface area contributed by atoms with E-state index >= 15 is 0 Å². The second-order valence-electron chi connectivity index (χ2n) is 3.56. The lowest BCUT2D eigenvalue weighted by atomic mass is 10.3. The van der Waals surface area contributed by atoms with E-state index in [1.54, 1.807) is 35.9 Å². The number of hydrogen-bond acceptors (Lipinski definition) is 6. The molecule has 18 heavy (non-hydrogen) atoms. The fourth-order valence-electron chi connectivity index (χ4n) is 1.37. The zero-order chi connectivity index (χ0) is 13.0. The highest BCUT2D eigenvalue weighted by Crippen LogP contribution is 2.20. The normalized spacial score (nSPS) is 10.3. The summed E-state index contributed by atoms with van der Waals surface area (Å²) in [7, 11) is 1.73. The summed E-state index contributed by atoms with van der Waals surface area (Å²) in [5, 5.41) is 1.78. The van der Waals surface area contributed by atoms with E-state index in [0.29, 0.717) is 12.2 Å². The quantitative estimate of drug-likeness (QED) is 0.801. The number of aromatic nitrogens is 3. The molecule has 5 nitrogen and oxygen atoms in total. The molecule has 2 aromatic heterocycles. The molecule has 0 bridgehead atoms. The lowest BCUT2D eigenvalue weighted by Gasteiger charge is -2.14. The van der Waals surface area contributed by atoms with Crippen LogP contribution < -0.4 is 0 Å². The summed E-state index contributed by atoms with van der Waals surface area (Å²) in [5.74, 6) is -0.0998. The predicted octanol–water partition coefficient (Wildman–Crippen LogP) is 1.93. The molecule has 0 fully saturated rings. The Bertz CT molecular complexity index is 529. The van der Waals surface area contributed by atoms with Gasteiger partial charge in [0.1, 0.15) is 10.0 Å². The summed E-state index contributed by atoms with van der Waals surface area (Å²) < 4.78 is 0.895. The van der Waals surface area contributed by atoms with Gasteiger partial charge >= 0.3 is 0 Å². The number of nitrogens with zero attached hydrogens (tertiary/aromatic N) is 4. The Morgan fingerprint density at radius 2 is 2.33 bits per heavy atom. The van der Waals surface area contributed by atoms with Crippen LogP contribution in [0.15, 0.2) is 28.3 Å². The highest BCUT2D eigenvalue weighted by atomic mass is 32.2. The Morgan fingerprint density at radius 1 is 1.50 bits per heavy atom. The van der Waals surface area contributed by atoms with Gasteiger partial charge in [0.05, 0.1) is 18.4 Å². The third kappa shape index (κ3) is 3.05. The van der Waals surface area contributed by atoms with Gasteiger partial charge in [-0.15, -0.1) is 11.3 Å². The zero-order valence-electron chi connectivity index (χ0n) is 10.0. The first-order valence-corrected chi connectivity index (χ1v) is 7.31. The maximum atomic E-state index is 12.1. The summed E-state index contributed by atoms with van der Waals surface area (Å²) in [5.41, 5.74) is 1.24. The van der Waals surface area contributed by atoms with E-state index in [2.05, 4.69) is 15.0 Å². The number of hydrogen-bond donors (Lipinski definition) is 0. The fraction of sp³-hybridized carbons (Fsp3) is 0.273. The van der Waals surface area contributed by atoms with E-state index in [0.717, 1.165) is 10.0 Å². The first kappa shape index (κ1) is 13.0. The van der Waals surface area contributed by atoms with Crippen LogP contribution >= 0.6 is 23.1 Å². The molecule has 0 spiro atoms. The van der Waals surface area contributed by atoms with Crippen LogP contribution in [0.25, 0.3) is 0 Å². The molecule has 0 atom stereocenters. The average Bonchev–Trinajstić information content (AvgIpc) is 2.87. The van der Waals surface area contributed by atoms with Gasteiger partial charge in [0.25, 0.3) is 5.91 Å². The largest absolute Gasteiger partial charge is 0.334 e. The second kappa shape index (κ2) is 5.92. The van der Waals surface area contributed by atoms with E-state index in [1.807, 2.05) is 6.26 Å². The summed E-state index contributed by atoms with van der Waals surface area (Å²) >= 11 is 3.02. The first-order chi connectivity index (χ1) is 8.70. The van der Waals surface area contributed by atoms with Crippen molar-refractivity contribution in [3.05, 3.63) is 35.4 Å². The minimum absolute atomic E-state index is 0.0998. The second-order valence-corrected chi connectivity index (χ2v) is 5.47. The molecule has 1 amide bonds. The molecule has 0 aliphatic rings. The van der Waals surface area contributed by atoms with Crippen LogP contribution in [0, 0.1) is 0 Å². The van der Waals surface area contributed by atoms with Crippen LogP contribution in [-0.2, 0) is 6.54 Å². The number of carbonyl (C=O) groups excluding carboxylic acids is 1. The van der Waals surface area contributed by atoms with Crippen molar-refractivity contribution in [1.82, 2.24) is 19.9 Å². The lowest BCUT2D eigenvalue weighted by Crippen LogP contribution is -2.26. The molecule has 2 heterocycles. The van der Waals surface area contributed by atoms with Crippen molar-refractivity contribution < 1.29 is 4.79 Å². The first-order valence-electron chi connectivity index (χ1n) is 5.20. The maximum absolute atomic E-state index is 12.1. The molecule has 0 aliphatic carbocycles. The molecule has 0 unspecified atom stereocenters. The standard InChI is InChI=1S/C11H12N4OS2/c1-15(6-8-5-12-3-4-13-8)10(16)9-7-18-11(14-9)17-2/h3-5,7H,6H2,1-2H3. The number of carbonyl (C=O) groups is 1. The van der Waals surface area contributed by atoms with Gasteiger partial charge in [-0.1, -0.05) is 11.8 Å². The smallest absolute Gasteiger partial charge is 0.273 e. The van der Waals surface area contributed by atoms with E-state index < -0.39 is 0 Å². The maximum Gasteiger partial charge on any atom is 0.273 e. The molecule has 0 saturated heterocycles. The molecule has 0 aromatic carbocycles. The lowest BCUT2D eigenvalue weighted by molar-refractivity contribution is 0.0778. The minimum atomic E-state index is -0.0998. The van der Waals surface area contributed by atoms with Crippen LogP contribution in [0.3, 0.4) is 0 Å². The molecular weight excluding hydrogens is 268 g/mol. The molecule has 94 valence electrons. The predicted molar refractivity (Wildman–Crippen MR) is 71.7 cm³/mol. The highest BCUT2D eigenvalue weighted by molar-refractivity contribution is 8.00. The Morgan fingerprint density at radius 3 is 2.94 bits per heavy atom. The summed E-state index contributed by atoms with van der Waals surface area (Å²) in [4.78, 5) is 26.0. The van der Waals surface area contributed by atoms with Crippen molar-refractivity contribution in [3.63, 3.8) is 0 Å². The Balaban J connectivity index is 2.05. The van der Waals surface area contributed by atoms with Crippen LogP contribution in [-0.4, -0.2) is 39.1 Å². The molecule has 2 rings (SSSR count). The van der Waals surface area contributed by atoms with Gasteiger partial charge in [0.2, 0.25) is 0 Å². The number of amides is 1. The van der Waals surface area contributed by atoms with Crippen molar-refractivity contribution in [1.29, 1.82) is 0 Å². The summed E-state index contributed by atoms with van der Waals surface area (Å²) in [6.45, 7) is 0.429. The monoisotopic (exact) mass is 280 g/mol. The molecule has 7 heteroatoms.